The van der Waals surface area contributed by atoms with E-state index < -0.39 is 0 Å². The van der Waals surface area contributed by atoms with Crippen LogP contribution in [0.25, 0.3) is 11.1 Å². The third-order valence-corrected chi connectivity index (χ3v) is 7.58. The number of rotatable bonds is 9. The van der Waals surface area contributed by atoms with Gasteiger partial charge in [0.05, 0.1) is 12.3 Å². The lowest BCUT2D eigenvalue weighted by Gasteiger charge is -2.37. The van der Waals surface area contributed by atoms with E-state index >= 15 is 0 Å². The highest BCUT2D eigenvalue weighted by Gasteiger charge is 2.25. The Morgan fingerprint density at radius 2 is 1.92 bits per heavy atom. The summed E-state index contributed by atoms with van der Waals surface area (Å²) >= 11 is 0. The average Bonchev–Trinajstić information content (AvgIpc) is 2.94. The topological polar surface area (TPSA) is 108 Å². The minimum atomic E-state index is -0.228. The summed E-state index contributed by atoms with van der Waals surface area (Å²) in [5.74, 6) is -0.0743. The van der Waals surface area contributed by atoms with Gasteiger partial charge < -0.3 is 25.0 Å². The molecule has 3 heterocycles. The normalized spacial score (nSPS) is 14.0. The second kappa shape index (κ2) is 12.6. The van der Waals surface area contributed by atoms with Gasteiger partial charge in [-0.15, -0.1) is 0 Å². The molecule has 1 amide bonds. The maximum atomic E-state index is 13.7. The van der Waals surface area contributed by atoms with Crippen LogP contribution in [0.3, 0.4) is 0 Å². The van der Waals surface area contributed by atoms with Crippen molar-refractivity contribution < 1.29 is 14.6 Å². The van der Waals surface area contributed by atoms with Gasteiger partial charge in [-0.3, -0.25) is 14.6 Å². The fourth-order valence-electron chi connectivity index (χ4n) is 5.41. The van der Waals surface area contributed by atoms with E-state index in [0.29, 0.717) is 22.9 Å². The van der Waals surface area contributed by atoms with Gasteiger partial charge in [-0.1, -0.05) is 19.9 Å². The van der Waals surface area contributed by atoms with Crippen LogP contribution in [0.5, 0.6) is 0 Å². The fourth-order valence-corrected chi connectivity index (χ4v) is 5.41. The molecule has 0 unspecified atom stereocenters. The number of nitrogens with one attached hydrogen (secondary N) is 2. The Labute approximate surface area is 230 Å². The molecule has 3 N–H and O–H groups in total. The number of hydrogen-bond donors (Lipinski definition) is 3. The number of aliphatic hydroxyl groups excluding tert-OH is 1. The predicted octanol–water partition coefficient (Wildman–Crippen LogP) is 4.60. The highest BCUT2D eigenvalue weighted by atomic mass is 16.5. The molecule has 0 radical (unpaired) electrons. The Morgan fingerprint density at radius 3 is 2.54 bits per heavy atom. The number of hydrogen-bond acceptors (Lipinski definition) is 6. The molecule has 2 aromatic heterocycles. The third-order valence-electron chi connectivity index (χ3n) is 7.58. The van der Waals surface area contributed by atoms with E-state index in [0.717, 1.165) is 66.2 Å². The molecule has 1 fully saturated rings. The molecule has 4 rings (SSSR count). The highest BCUT2D eigenvalue weighted by molar-refractivity contribution is 5.99. The molecule has 8 heteroatoms. The summed E-state index contributed by atoms with van der Waals surface area (Å²) < 4.78 is 5.61. The first-order valence-corrected chi connectivity index (χ1v) is 13.8. The molecule has 1 aliphatic rings. The lowest BCUT2D eigenvalue weighted by atomic mass is 9.95. The molecule has 0 atom stereocenters. The maximum absolute atomic E-state index is 13.7. The molecule has 1 saturated heterocycles. The Balaban J connectivity index is 1.74. The van der Waals surface area contributed by atoms with E-state index in [1.165, 1.54) is 0 Å². The van der Waals surface area contributed by atoms with Crippen molar-refractivity contribution in [2.24, 2.45) is 0 Å². The first-order chi connectivity index (χ1) is 18.7. The maximum Gasteiger partial charge on any atom is 0.253 e. The molecule has 208 valence electrons. The lowest BCUT2D eigenvalue weighted by molar-refractivity contribution is 0.0846. The van der Waals surface area contributed by atoms with Crippen molar-refractivity contribution in [2.75, 3.05) is 24.7 Å². The number of amides is 1. The van der Waals surface area contributed by atoms with Crippen molar-refractivity contribution in [3.8, 4) is 11.1 Å². The summed E-state index contributed by atoms with van der Waals surface area (Å²) in [6.07, 6.45) is 3.59. The van der Waals surface area contributed by atoms with Crippen LogP contribution < -0.4 is 15.8 Å². The molecule has 3 aromatic rings. The number of aryl methyl sites for hydroxylation is 1. The Morgan fingerprint density at radius 1 is 1.18 bits per heavy atom. The van der Waals surface area contributed by atoms with Gasteiger partial charge in [0.25, 0.3) is 11.5 Å². The van der Waals surface area contributed by atoms with Crippen LogP contribution in [0.1, 0.15) is 78.0 Å². The van der Waals surface area contributed by atoms with Gasteiger partial charge in [0.1, 0.15) is 0 Å². The highest BCUT2D eigenvalue weighted by Crippen LogP contribution is 2.34. The van der Waals surface area contributed by atoms with Gasteiger partial charge in [-0.05, 0) is 80.5 Å². The summed E-state index contributed by atoms with van der Waals surface area (Å²) in [4.78, 5) is 36.1. The molecule has 0 bridgehead atoms. The standard InChI is InChI=1S/C31H40N4O4/c1-6-35(25-9-11-39-12-10-25)29-15-23(22-7-8-24(18-36)32-16-22)14-27(21(29)5)30(37)33-17-28-26(19(2)3)13-20(4)34-31(28)38/h7-8,13-16,19,25,36H,6,9-12,17-18H2,1-5H3,(H,33,37)(H,34,38). The van der Waals surface area contributed by atoms with Gasteiger partial charge in [0.2, 0.25) is 0 Å². The summed E-state index contributed by atoms with van der Waals surface area (Å²) in [5.41, 5.74) is 6.95. The van der Waals surface area contributed by atoms with Gasteiger partial charge in [-0.2, -0.15) is 0 Å². The number of pyridine rings is 2. The van der Waals surface area contributed by atoms with Gasteiger partial charge in [0, 0.05) is 66.6 Å². The lowest BCUT2D eigenvalue weighted by Crippen LogP contribution is -2.40. The smallest absolute Gasteiger partial charge is 0.253 e. The first kappa shape index (κ1) is 28.5. The van der Waals surface area contributed by atoms with E-state index in [1.54, 1.807) is 12.3 Å². The Kier molecular flexibility index (Phi) is 9.20. The van der Waals surface area contributed by atoms with E-state index in [-0.39, 0.29) is 30.5 Å². The minimum absolute atomic E-state index is 0.128. The van der Waals surface area contributed by atoms with Crippen LogP contribution in [-0.4, -0.2) is 46.8 Å². The predicted molar refractivity (Wildman–Crippen MR) is 154 cm³/mol. The molecule has 0 aliphatic carbocycles. The molecule has 39 heavy (non-hydrogen) atoms. The molecule has 1 aromatic carbocycles. The van der Waals surface area contributed by atoms with E-state index in [9.17, 15) is 14.7 Å². The zero-order valence-corrected chi connectivity index (χ0v) is 23.6. The first-order valence-electron chi connectivity index (χ1n) is 13.8. The number of anilines is 1. The van der Waals surface area contributed by atoms with Crippen molar-refractivity contribution in [3.05, 3.63) is 80.5 Å². The van der Waals surface area contributed by atoms with Crippen molar-refractivity contribution in [1.82, 2.24) is 15.3 Å². The summed E-state index contributed by atoms with van der Waals surface area (Å²) in [5, 5.41) is 12.5. The van der Waals surface area contributed by atoms with E-state index in [2.05, 4.69) is 33.2 Å². The number of carbonyl (C=O) groups excluding carboxylic acids is 1. The van der Waals surface area contributed by atoms with E-state index in [4.69, 9.17) is 4.74 Å². The zero-order valence-electron chi connectivity index (χ0n) is 23.6. The monoisotopic (exact) mass is 532 g/mol. The third kappa shape index (κ3) is 6.40. The average molecular weight is 533 g/mol. The van der Waals surface area contributed by atoms with Crippen molar-refractivity contribution in [1.29, 1.82) is 0 Å². The van der Waals surface area contributed by atoms with Crippen LogP contribution in [-0.2, 0) is 17.9 Å². The van der Waals surface area contributed by atoms with Crippen LogP contribution in [0.4, 0.5) is 5.69 Å². The van der Waals surface area contributed by atoms with Crippen LogP contribution in [0.15, 0.2) is 41.3 Å². The number of benzene rings is 1. The second-order valence-electron chi connectivity index (χ2n) is 10.5. The molecule has 8 nitrogen and oxygen atoms in total. The number of aromatic amines is 1. The molecular weight excluding hydrogens is 492 g/mol. The SMILES string of the molecule is CCN(c1cc(-c2ccc(CO)nc2)cc(C(=O)NCc2c(C(C)C)cc(C)[nH]c2=O)c1C)C1CCOCC1. The van der Waals surface area contributed by atoms with Crippen LogP contribution >= 0.6 is 0 Å². The number of nitrogens with zero attached hydrogens (tertiary/aromatic N) is 2. The Bertz CT molecular complexity index is 1360. The molecule has 0 saturated carbocycles. The fraction of sp³-hybridized carbons (Fsp3) is 0.452. The number of aromatic nitrogens is 2. The number of H-pyrrole nitrogens is 1. The number of carbonyl (C=O) groups is 1. The van der Waals surface area contributed by atoms with Crippen LogP contribution in [0.2, 0.25) is 0 Å². The van der Waals surface area contributed by atoms with Crippen molar-refractivity contribution in [2.45, 2.75) is 72.6 Å². The minimum Gasteiger partial charge on any atom is -0.390 e. The summed E-state index contributed by atoms with van der Waals surface area (Å²) in [6.45, 7) is 12.3. The van der Waals surface area contributed by atoms with Gasteiger partial charge in [0.15, 0.2) is 0 Å². The van der Waals surface area contributed by atoms with Crippen molar-refractivity contribution >= 4 is 11.6 Å². The number of ether oxygens (including phenoxy) is 1. The molecule has 1 aliphatic heterocycles. The van der Waals surface area contributed by atoms with Crippen LogP contribution in [0, 0.1) is 13.8 Å². The zero-order chi connectivity index (χ0) is 28.1. The molecule has 0 spiro atoms. The number of aliphatic hydroxyl groups is 1. The quantitative estimate of drug-likeness (QED) is 0.372. The van der Waals surface area contributed by atoms with Gasteiger partial charge in [-0.25, -0.2) is 0 Å². The summed E-state index contributed by atoms with van der Waals surface area (Å²) in [7, 11) is 0. The molecular formula is C31H40N4O4. The van der Waals surface area contributed by atoms with Crippen molar-refractivity contribution in [3.63, 3.8) is 0 Å². The summed E-state index contributed by atoms with van der Waals surface area (Å²) in [6, 6.07) is 10.0. The largest absolute Gasteiger partial charge is 0.390 e. The Hall–Kier alpha value is -3.49. The van der Waals surface area contributed by atoms with E-state index in [1.807, 2.05) is 45.9 Å². The van der Waals surface area contributed by atoms with Gasteiger partial charge >= 0.3 is 0 Å². The second-order valence-corrected chi connectivity index (χ2v) is 10.5.